The molecule has 1 unspecified atom stereocenters. The quantitative estimate of drug-likeness (QED) is 0.780. The summed E-state index contributed by atoms with van der Waals surface area (Å²) < 4.78 is 15.1. The van der Waals surface area contributed by atoms with Gasteiger partial charge in [-0.25, -0.2) is 0 Å². The normalized spacial score (nSPS) is 17.1. The summed E-state index contributed by atoms with van der Waals surface area (Å²) in [5.74, 6) is 0.854. The third-order valence-electron chi connectivity index (χ3n) is 3.93. The lowest BCUT2D eigenvalue weighted by Crippen LogP contribution is -2.23. The van der Waals surface area contributed by atoms with E-state index >= 15 is 0 Å². The molecule has 0 spiro atoms. The van der Waals surface area contributed by atoms with Gasteiger partial charge in [-0.15, -0.1) is 0 Å². The van der Waals surface area contributed by atoms with Crippen LogP contribution in [0.4, 0.5) is 0 Å². The lowest BCUT2D eigenvalue weighted by atomic mass is 9.80. The van der Waals surface area contributed by atoms with E-state index in [1.807, 2.05) is 6.07 Å². The number of hydrogen-bond donors (Lipinski definition) is 0. The molecule has 0 amide bonds. The van der Waals surface area contributed by atoms with Gasteiger partial charge in [-0.3, -0.25) is 9.59 Å². The van der Waals surface area contributed by atoms with Crippen LogP contribution < -0.4 is 9.47 Å². The summed E-state index contributed by atoms with van der Waals surface area (Å²) >= 11 is 0. The van der Waals surface area contributed by atoms with Crippen LogP contribution in [0.5, 0.6) is 11.5 Å². The van der Waals surface area contributed by atoms with E-state index < -0.39 is 0 Å². The topological polar surface area (TPSA) is 61.8 Å². The van der Waals surface area contributed by atoms with Gasteiger partial charge in [0.2, 0.25) is 0 Å². The van der Waals surface area contributed by atoms with Crippen LogP contribution >= 0.6 is 0 Å². The van der Waals surface area contributed by atoms with Crippen molar-refractivity contribution in [3.63, 3.8) is 0 Å². The third-order valence-corrected chi connectivity index (χ3v) is 3.93. The average Bonchev–Trinajstić information content (AvgIpc) is 2.52. The Labute approximate surface area is 124 Å². The molecule has 0 heterocycles. The zero-order chi connectivity index (χ0) is 15.4. The predicted octanol–water partition coefficient (Wildman–Crippen LogP) is 2.40. The summed E-state index contributed by atoms with van der Waals surface area (Å²) in [6.45, 7) is 0. The molecule has 5 nitrogen and oxygen atoms in total. The van der Waals surface area contributed by atoms with Gasteiger partial charge in [0, 0.05) is 17.9 Å². The van der Waals surface area contributed by atoms with Crippen molar-refractivity contribution >= 4 is 11.8 Å². The van der Waals surface area contributed by atoms with Crippen LogP contribution in [0.15, 0.2) is 12.1 Å². The maximum absolute atomic E-state index is 12.5. The number of methoxy groups -OCH3 is 3. The van der Waals surface area contributed by atoms with Gasteiger partial charge in [-0.05, 0) is 37.0 Å². The highest BCUT2D eigenvalue weighted by atomic mass is 16.5. The highest BCUT2D eigenvalue weighted by Crippen LogP contribution is 2.36. The van der Waals surface area contributed by atoms with Gasteiger partial charge in [0.05, 0.1) is 21.3 Å². The number of aryl methyl sites for hydroxylation is 1. The largest absolute Gasteiger partial charge is 0.493 e. The van der Waals surface area contributed by atoms with Crippen molar-refractivity contribution in [3.8, 4) is 11.5 Å². The smallest absolute Gasteiger partial charge is 0.305 e. The molecule has 2 rings (SSSR count). The number of hydrogen-bond acceptors (Lipinski definition) is 5. The maximum Gasteiger partial charge on any atom is 0.305 e. The molecule has 0 aromatic heterocycles. The standard InChI is InChI=1S/C16H20O5/c1-19-13-8-11-5-4-10(6-7-15(17)21-3)16(18)12(11)9-14(13)20-2/h8-10H,4-7H2,1-3H3. The maximum atomic E-state index is 12.5. The minimum absolute atomic E-state index is 0.0705. The van der Waals surface area contributed by atoms with E-state index in [1.54, 1.807) is 20.3 Å². The number of benzene rings is 1. The highest BCUT2D eigenvalue weighted by Gasteiger charge is 2.29. The zero-order valence-electron chi connectivity index (χ0n) is 12.6. The first-order valence-corrected chi connectivity index (χ1v) is 6.96. The Morgan fingerprint density at radius 1 is 1.19 bits per heavy atom. The van der Waals surface area contributed by atoms with E-state index in [4.69, 9.17) is 9.47 Å². The van der Waals surface area contributed by atoms with Crippen LogP contribution in [-0.4, -0.2) is 33.1 Å². The first kappa shape index (κ1) is 15.4. The first-order valence-electron chi connectivity index (χ1n) is 6.96. The molecule has 0 radical (unpaired) electrons. The SMILES string of the molecule is COC(=O)CCC1CCc2cc(OC)c(OC)cc2C1=O. The van der Waals surface area contributed by atoms with E-state index in [0.717, 1.165) is 18.4 Å². The second-order valence-electron chi connectivity index (χ2n) is 5.08. The summed E-state index contributed by atoms with van der Waals surface area (Å²) in [5, 5.41) is 0. The Morgan fingerprint density at radius 3 is 2.48 bits per heavy atom. The number of fused-ring (bicyclic) bond motifs is 1. The Balaban J connectivity index is 2.20. The van der Waals surface area contributed by atoms with Crippen molar-refractivity contribution in [2.24, 2.45) is 5.92 Å². The van der Waals surface area contributed by atoms with Crippen LogP contribution in [0, 0.1) is 5.92 Å². The molecule has 0 saturated heterocycles. The van der Waals surface area contributed by atoms with E-state index in [2.05, 4.69) is 4.74 Å². The van der Waals surface area contributed by atoms with Gasteiger partial charge in [0.1, 0.15) is 0 Å². The molecule has 0 N–H and O–H groups in total. The summed E-state index contributed by atoms with van der Waals surface area (Å²) in [4.78, 5) is 23.8. The summed E-state index contributed by atoms with van der Waals surface area (Å²) in [5.41, 5.74) is 1.65. The fourth-order valence-electron chi connectivity index (χ4n) is 2.71. The molecule has 21 heavy (non-hydrogen) atoms. The molecule has 0 saturated carbocycles. The van der Waals surface area contributed by atoms with Crippen LogP contribution in [0.3, 0.4) is 0 Å². The van der Waals surface area contributed by atoms with E-state index in [1.165, 1.54) is 7.11 Å². The van der Waals surface area contributed by atoms with Crippen molar-refractivity contribution in [1.82, 2.24) is 0 Å². The van der Waals surface area contributed by atoms with Crippen molar-refractivity contribution in [1.29, 1.82) is 0 Å². The minimum Gasteiger partial charge on any atom is -0.493 e. The predicted molar refractivity (Wildman–Crippen MR) is 76.9 cm³/mol. The molecule has 114 valence electrons. The molecule has 0 bridgehead atoms. The van der Waals surface area contributed by atoms with Crippen LogP contribution in [-0.2, 0) is 16.0 Å². The number of esters is 1. The van der Waals surface area contributed by atoms with E-state index in [0.29, 0.717) is 23.5 Å². The molecule has 1 atom stereocenters. The second kappa shape index (κ2) is 6.61. The molecule has 5 heteroatoms. The fourth-order valence-corrected chi connectivity index (χ4v) is 2.71. The number of Topliss-reactive ketones (excluding diaryl/α,β-unsaturated/α-hetero) is 1. The Kier molecular flexibility index (Phi) is 4.83. The van der Waals surface area contributed by atoms with Gasteiger partial charge < -0.3 is 14.2 Å². The zero-order valence-corrected chi connectivity index (χ0v) is 12.6. The number of rotatable bonds is 5. The van der Waals surface area contributed by atoms with Crippen molar-refractivity contribution < 1.29 is 23.8 Å². The molecular formula is C16H20O5. The number of ether oxygens (including phenoxy) is 3. The van der Waals surface area contributed by atoms with E-state index in [9.17, 15) is 9.59 Å². The van der Waals surface area contributed by atoms with Crippen molar-refractivity contribution in [2.45, 2.75) is 25.7 Å². The van der Waals surface area contributed by atoms with Crippen LogP contribution in [0.1, 0.15) is 35.2 Å². The van der Waals surface area contributed by atoms with Crippen molar-refractivity contribution in [3.05, 3.63) is 23.3 Å². The number of ketones is 1. The highest BCUT2D eigenvalue weighted by molar-refractivity contribution is 6.01. The molecule has 0 fully saturated rings. The van der Waals surface area contributed by atoms with Gasteiger partial charge in [-0.2, -0.15) is 0 Å². The average molecular weight is 292 g/mol. The Hall–Kier alpha value is -2.04. The van der Waals surface area contributed by atoms with Crippen LogP contribution in [0.25, 0.3) is 0 Å². The molecule has 1 aliphatic carbocycles. The molecule has 1 aromatic carbocycles. The van der Waals surface area contributed by atoms with E-state index in [-0.39, 0.29) is 24.1 Å². The minimum atomic E-state index is -0.277. The van der Waals surface area contributed by atoms with Gasteiger partial charge in [-0.1, -0.05) is 0 Å². The molecule has 1 aromatic rings. The van der Waals surface area contributed by atoms with Gasteiger partial charge in [0.15, 0.2) is 17.3 Å². The second-order valence-corrected chi connectivity index (χ2v) is 5.08. The van der Waals surface area contributed by atoms with Gasteiger partial charge >= 0.3 is 5.97 Å². The Morgan fingerprint density at radius 2 is 1.86 bits per heavy atom. The first-order chi connectivity index (χ1) is 10.1. The monoisotopic (exact) mass is 292 g/mol. The lowest BCUT2D eigenvalue weighted by molar-refractivity contribution is -0.140. The molecular weight excluding hydrogens is 272 g/mol. The molecule has 0 aliphatic heterocycles. The summed E-state index contributed by atoms with van der Waals surface area (Å²) in [6, 6.07) is 3.60. The number of carbonyl (C=O) groups excluding carboxylic acids is 2. The molecule has 1 aliphatic rings. The summed E-state index contributed by atoms with van der Waals surface area (Å²) in [7, 11) is 4.48. The fraction of sp³-hybridized carbons (Fsp3) is 0.500. The van der Waals surface area contributed by atoms with Gasteiger partial charge in [0.25, 0.3) is 0 Å². The summed E-state index contributed by atoms with van der Waals surface area (Å²) in [6.07, 6.45) is 2.35. The third kappa shape index (κ3) is 3.17. The van der Waals surface area contributed by atoms with Crippen LogP contribution in [0.2, 0.25) is 0 Å². The lowest BCUT2D eigenvalue weighted by Gasteiger charge is -2.24. The Bertz CT molecular complexity index is 550. The van der Waals surface area contributed by atoms with Crippen molar-refractivity contribution in [2.75, 3.05) is 21.3 Å². The number of carbonyl (C=O) groups is 2.